The van der Waals surface area contributed by atoms with E-state index in [1.807, 2.05) is 6.92 Å². The van der Waals surface area contributed by atoms with E-state index in [0.29, 0.717) is 18.0 Å². The minimum absolute atomic E-state index is 0.103. The summed E-state index contributed by atoms with van der Waals surface area (Å²) in [5.74, 6) is 0.233. The molecule has 1 aromatic heterocycles. The van der Waals surface area contributed by atoms with Crippen LogP contribution in [0.4, 0.5) is 10.4 Å². The zero-order chi connectivity index (χ0) is 13.9. The first-order chi connectivity index (χ1) is 9.72. The number of ether oxygens (including phenoxy) is 1. The molecule has 0 bridgehead atoms. The lowest BCUT2D eigenvalue weighted by Crippen LogP contribution is -2.02. The van der Waals surface area contributed by atoms with E-state index in [-0.39, 0.29) is 17.9 Å². The highest BCUT2D eigenvalue weighted by molar-refractivity contribution is 5.28. The highest BCUT2D eigenvalue weighted by atomic mass is 19.1. The van der Waals surface area contributed by atoms with Crippen LogP contribution in [-0.2, 0) is 11.3 Å². The second kappa shape index (κ2) is 5.58. The molecule has 1 aliphatic rings. The van der Waals surface area contributed by atoms with Crippen LogP contribution in [0.5, 0.6) is 0 Å². The third-order valence-electron chi connectivity index (χ3n) is 3.28. The number of nitrogens with one attached hydrogen (secondary N) is 1. The summed E-state index contributed by atoms with van der Waals surface area (Å²) in [5.41, 5.74) is 1.58. The summed E-state index contributed by atoms with van der Waals surface area (Å²) in [4.78, 5) is 0. The van der Waals surface area contributed by atoms with Gasteiger partial charge in [-0.15, -0.1) is 5.10 Å². The lowest BCUT2D eigenvalue weighted by molar-refractivity contribution is 0.0897. The molecule has 1 unspecified atom stereocenters. The Morgan fingerprint density at radius 1 is 1.40 bits per heavy atom. The van der Waals surface area contributed by atoms with E-state index >= 15 is 0 Å². The first kappa shape index (κ1) is 13.1. The van der Waals surface area contributed by atoms with Crippen LogP contribution < -0.4 is 5.32 Å². The maximum absolute atomic E-state index is 13.6. The minimum Gasteiger partial charge on any atom is -0.405 e. The fourth-order valence-corrected chi connectivity index (χ4v) is 2.22. The van der Waals surface area contributed by atoms with Crippen molar-refractivity contribution in [2.24, 2.45) is 0 Å². The highest BCUT2D eigenvalue weighted by Crippen LogP contribution is 2.28. The minimum atomic E-state index is -0.248. The number of rotatable bonds is 4. The molecule has 106 valence electrons. The van der Waals surface area contributed by atoms with E-state index in [1.54, 1.807) is 12.1 Å². The van der Waals surface area contributed by atoms with Crippen LogP contribution in [0, 0.1) is 12.7 Å². The molecule has 5 nitrogen and oxygen atoms in total. The molecule has 0 aliphatic carbocycles. The van der Waals surface area contributed by atoms with Gasteiger partial charge >= 0.3 is 6.01 Å². The molecule has 1 fully saturated rings. The van der Waals surface area contributed by atoms with Gasteiger partial charge in [-0.25, -0.2) is 4.39 Å². The summed E-state index contributed by atoms with van der Waals surface area (Å²) in [6.45, 7) is 2.95. The number of hydrogen-bond donors (Lipinski definition) is 1. The third kappa shape index (κ3) is 2.80. The monoisotopic (exact) mass is 277 g/mol. The Morgan fingerprint density at radius 3 is 3.10 bits per heavy atom. The summed E-state index contributed by atoms with van der Waals surface area (Å²) in [5, 5.41) is 10.8. The molecule has 3 rings (SSSR count). The van der Waals surface area contributed by atoms with Crippen molar-refractivity contribution >= 4 is 6.01 Å². The SMILES string of the molecule is Cc1ccc(F)c(CNc2nnc(C3CCCO3)o2)c1. The zero-order valence-corrected chi connectivity index (χ0v) is 11.2. The normalized spacial score (nSPS) is 18.4. The number of anilines is 1. The van der Waals surface area contributed by atoms with Crippen molar-refractivity contribution in [1.29, 1.82) is 0 Å². The Hall–Kier alpha value is -1.95. The molecule has 2 heterocycles. The standard InChI is InChI=1S/C14H16FN3O2/c1-9-4-5-11(15)10(7-9)8-16-14-18-17-13(20-14)12-3-2-6-19-12/h4-5,7,12H,2-3,6,8H2,1H3,(H,16,18). The molecule has 1 aromatic carbocycles. The quantitative estimate of drug-likeness (QED) is 0.931. The molecule has 0 amide bonds. The Morgan fingerprint density at radius 2 is 2.30 bits per heavy atom. The van der Waals surface area contributed by atoms with E-state index < -0.39 is 0 Å². The molecule has 0 spiro atoms. The molecule has 0 radical (unpaired) electrons. The fourth-order valence-electron chi connectivity index (χ4n) is 2.22. The van der Waals surface area contributed by atoms with Crippen LogP contribution in [0.1, 0.15) is 36.0 Å². The maximum Gasteiger partial charge on any atom is 0.315 e. The number of nitrogens with zero attached hydrogens (tertiary/aromatic N) is 2. The van der Waals surface area contributed by atoms with Crippen molar-refractivity contribution in [2.75, 3.05) is 11.9 Å². The summed E-state index contributed by atoms with van der Waals surface area (Å²) in [7, 11) is 0. The Labute approximate surface area is 116 Å². The van der Waals surface area contributed by atoms with Gasteiger partial charge in [-0.05, 0) is 25.8 Å². The summed E-state index contributed by atoms with van der Waals surface area (Å²) in [6.07, 6.45) is 1.80. The third-order valence-corrected chi connectivity index (χ3v) is 3.28. The smallest absolute Gasteiger partial charge is 0.315 e. The van der Waals surface area contributed by atoms with Crippen molar-refractivity contribution in [3.05, 3.63) is 41.0 Å². The lowest BCUT2D eigenvalue weighted by Gasteiger charge is -2.05. The average molecular weight is 277 g/mol. The lowest BCUT2D eigenvalue weighted by atomic mass is 10.1. The summed E-state index contributed by atoms with van der Waals surface area (Å²) in [6, 6.07) is 5.27. The Kier molecular flexibility index (Phi) is 3.64. The molecule has 2 aromatic rings. The molecule has 0 saturated carbocycles. The second-order valence-corrected chi connectivity index (χ2v) is 4.90. The van der Waals surface area contributed by atoms with Crippen molar-refractivity contribution < 1.29 is 13.5 Å². The van der Waals surface area contributed by atoms with Crippen molar-refractivity contribution in [2.45, 2.75) is 32.4 Å². The van der Waals surface area contributed by atoms with Gasteiger partial charge in [0.2, 0.25) is 5.89 Å². The first-order valence-corrected chi connectivity index (χ1v) is 6.66. The molecule has 1 saturated heterocycles. The first-order valence-electron chi connectivity index (χ1n) is 6.66. The molecule has 1 atom stereocenters. The molecule has 20 heavy (non-hydrogen) atoms. The largest absolute Gasteiger partial charge is 0.405 e. The topological polar surface area (TPSA) is 60.2 Å². The number of aromatic nitrogens is 2. The zero-order valence-electron chi connectivity index (χ0n) is 11.2. The second-order valence-electron chi connectivity index (χ2n) is 4.90. The predicted octanol–water partition coefficient (Wildman–Crippen LogP) is 2.98. The van der Waals surface area contributed by atoms with Gasteiger partial charge in [0.1, 0.15) is 11.9 Å². The number of hydrogen-bond acceptors (Lipinski definition) is 5. The summed E-state index contributed by atoms with van der Waals surface area (Å²) < 4.78 is 24.5. The van der Waals surface area contributed by atoms with Crippen LogP contribution >= 0.6 is 0 Å². The number of halogens is 1. The predicted molar refractivity (Wildman–Crippen MR) is 70.7 cm³/mol. The molecule has 6 heteroatoms. The van der Waals surface area contributed by atoms with Crippen molar-refractivity contribution in [3.63, 3.8) is 0 Å². The van der Waals surface area contributed by atoms with Gasteiger partial charge < -0.3 is 14.5 Å². The number of benzene rings is 1. The Bertz CT molecular complexity index is 594. The van der Waals surface area contributed by atoms with Crippen molar-refractivity contribution in [3.8, 4) is 0 Å². The van der Waals surface area contributed by atoms with Gasteiger partial charge in [0.05, 0.1) is 0 Å². The van der Waals surface area contributed by atoms with Gasteiger partial charge in [0.15, 0.2) is 0 Å². The van der Waals surface area contributed by atoms with E-state index in [1.165, 1.54) is 6.07 Å². The van der Waals surface area contributed by atoms with Crippen LogP contribution in [0.15, 0.2) is 22.6 Å². The van der Waals surface area contributed by atoms with Crippen LogP contribution in [0.3, 0.4) is 0 Å². The summed E-state index contributed by atoms with van der Waals surface area (Å²) >= 11 is 0. The van der Waals surface area contributed by atoms with Crippen LogP contribution in [0.2, 0.25) is 0 Å². The van der Waals surface area contributed by atoms with Gasteiger partial charge in [-0.3, -0.25) is 0 Å². The number of aryl methyl sites for hydroxylation is 1. The molecular weight excluding hydrogens is 261 g/mol. The fraction of sp³-hybridized carbons (Fsp3) is 0.429. The van der Waals surface area contributed by atoms with E-state index in [0.717, 1.165) is 25.0 Å². The van der Waals surface area contributed by atoms with Crippen LogP contribution in [-0.4, -0.2) is 16.8 Å². The van der Waals surface area contributed by atoms with Gasteiger partial charge in [-0.2, -0.15) is 0 Å². The highest BCUT2D eigenvalue weighted by Gasteiger charge is 2.23. The maximum atomic E-state index is 13.6. The average Bonchev–Trinajstić information content (AvgIpc) is 3.09. The molecule has 1 aliphatic heterocycles. The van der Waals surface area contributed by atoms with Gasteiger partial charge in [-0.1, -0.05) is 22.8 Å². The van der Waals surface area contributed by atoms with E-state index in [9.17, 15) is 4.39 Å². The molecule has 1 N–H and O–H groups in total. The molecular formula is C14H16FN3O2. The van der Waals surface area contributed by atoms with Crippen LogP contribution in [0.25, 0.3) is 0 Å². The van der Waals surface area contributed by atoms with Crippen molar-refractivity contribution in [1.82, 2.24) is 10.2 Å². The van der Waals surface area contributed by atoms with Gasteiger partial charge in [0.25, 0.3) is 0 Å². The Balaban J connectivity index is 1.64. The van der Waals surface area contributed by atoms with Gasteiger partial charge in [0, 0.05) is 18.7 Å². The van der Waals surface area contributed by atoms with E-state index in [2.05, 4.69) is 15.5 Å². The van der Waals surface area contributed by atoms with E-state index in [4.69, 9.17) is 9.15 Å².